The van der Waals surface area contributed by atoms with Gasteiger partial charge in [-0.25, -0.2) is 4.39 Å². The molecule has 0 aromatic heterocycles. The van der Waals surface area contributed by atoms with Crippen molar-refractivity contribution in [1.82, 2.24) is 0 Å². The molecule has 0 saturated carbocycles. The van der Waals surface area contributed by atoms with Gasteiger partial charge >= 0.3 is 0 Å². The number of halogens is 1. The maximum atomic E-state index is 13.9. The molecule has 2 N–H and O–H groups in total. The molecule has 1 unspecified atom stereocenters. The second kappa shape index (κ2) is 6.22. The summed E-state index contributed by atoms with van der Waals surface area (Å²) in [7, 11) is 0. The third-order valence-corrected chi connectivity index (χ3v) is 4.22. The number of nitrogens with two attached hydrogens (primary N) is 1. The van der Waals surface area contributed by atoms with Gasteiger partial charge in [-0.3, -0.25) is 0 Å². The summed E-state index contributed by atoms with van der Waals surface area (Å²) in [6.45, 7) is 3.93. The predicted octanol–water partition coefficient (Wildman–Crippen LogP) is 4.45. The van der Waals surface area contributed by atoms with Crippen molar-refractivity contribution in [2.75, 3.05) is 0 Å². The van der Waals surface area contributed by atoms with Gasteiger partial charge in [0.2, 0.25) is 0 Å². The number of rotatable bonds is 4. The maximum Gasteiger partial charge on any atom is 0.137 e. The summed E-state index contributed by atoms with van der Waals surface area (Å²) >= 11 is 1.52. The van der Waals surface area contributed by atoms with Gasteiger partial charge in [0.05, 0.1) is 0 Å². The molecule has 0 bridgehead atoms. The Balaban J connectivity index is 2.10. The number of aryl methyl sites for hydroxylation is 1. The molecule has 0 aliphatic heterocycles. The van der Waals surface area contributed by atoms with Crippen molar-refractivity contribution in [2.24, 2.45) is 5.73 Å². The Hall–Kier alpha value is -1.32. The molecule has 0 spiro atoms. The van der Waals surface area contributed by atoms with Gasteiger partial charge in [0.25, 0.3) is 0 Å². The Morgan fingerprint density at radius 2 is 1.95 bits per heavy atom. The molecule has 100 valence electrons. The first-order chi connectivity index (χ1) is 9.08. The van der Waals surface area contributed by atoms with Gasteiger partial charge in [0.1, 0.15) is 5.82 Å². The van der Waals surface area contributed by atoms with Crippen LogP contribution in [0.3, 0.4) is 0 Å². The summed E-state index contributed by atoms with van der Waals surface area (Å²) in [5.74, 6) is 0.592. The average molecular weight is 275 g/mol. The fourth-order valence-corrected chi connectivity index (χ4v) is 2.84. The molecule has 3 heteroatoms. The van der Waals surface area contributed by atoms with E-state index in [0.717, 1.165) is 11.3 Å². The standard InChI is InChI=1S/C16H18FNS/c1-11-5-3-4-6-14(11)10-19-16-8-7-13(12(2)18)9-15(16)17/h3-9,12H,10,18H2,1-2H3. The fourth-order valence-electron chi connectivity index (χ4n) is 1.84. The summed E-state index contributed by atoms with van der Waals surface area (Å²) in [5.41, 5.74) is 9.05. The molecule has 0 aliphatic carbocycles. The van der Waals surface area contributed by atoms with Gasteiger partial charge < -0.3 is 5.73 Å². The van der Waals surface area contributed by atoms with Crippen LogP contribution in [0, 0.1) is 12.7 Å². The molecule has 1 atom stereocenters. The van der Waals surface area contributed by atoms with Crippen LogP contribution < -0.4 is 5.73 Å². The molecule has 0 fully saturated rings. The number of hydrogen-bond donors (Lipinski definition) is 1. The normalized spacial score (nSPS) is 12.4. The van der Waals surface area contributed by atoms with Gasteiger partial charge in [0, 0.05) is 16.7 Å². The smallest absolute Gasteiger partial charge is 0.137 e. The van der Waals surface area contributed by atoms with E-state index in [1.54, 1.807) is 0 Å². The van der Waals surface area contributed by atoms with Crippen molar-refractivity contribution in [3.63, 3.8) is 0 Å². The van der Waals surface area contributed by atoms with E-state index in [1.165, 1.54) is 29.0 Å². The van der Waals surface area contributed by atoms with Crippen LogP contribution in [0.5, 0.6) is 0 Å². The Labute approximate surface area is 118 Å². The monoisotopic (exact) mass is 275 g/mol. The summed E-state index contributed by atoms with van der Waals surface area (Å²) < 4.78 is 13.9. The molecular formula is C16H18FNS. The SMILES string of the molecule is Cc1ccccc1CSc1ccc(C(C)N)cc1F. The van der Waals surface area contributed by atoms with Crippen molar-refractivity contribution >= 4 is 11.8 Å². The predicted molar refractivity (Wildman–Crippen MR) is 79.7 cm³/mol. The number of hydrogen-bond acceptors (Lipinski definition) is 2. The lowest BCUT2D eigenvalue weighted by Gasteiger charge is -2.09. The molecule has 0 saturated heterocycles. The summed E-state index contributed by atoms with van der Waals surface area (Å²) in [5, 5.41) is 0. The lowest BCUT2D eigenvalue weighted by Crippen LogP contribution is -2.05. The molecule has 0 amide bonds. The van der Waals surface area contributed by atoms with Crippen molar-refractivity contribution in [2.45, 2.75) is 30.5 Å². The van der Waals surface area contributed by atoms with Crippen molar-refractivity contribution in [3.05, 3.63) is 65.0 Å². The zero-order valence-corrected chi connectivity index (χ0v) is 12.0. The minimum atomic E-state index is -0.187. The van der Waals surface area contributed by atoms with Crippen LogP contribution in [-0.2, 0) is 5.75 Å². The number of benzene rings is 2. The van der Waals surface area contributed by atoms with E-state index >= 15 is 0 Å². The molecule has 0 radical (unpaired) electrons. The van der Waals surface area contributed by atoms with E-state index < -0.39 is 0 Å². The molecule has 0 heterocycles. The summed E-state index contributed by atoms with van der Waals surface area (Å²) in [4.78, 5) is 0.674. The summed E-state index contributed by atoms with van der Waals surface area (Å²) in [6.07, 6.45) is 0. The molecule has 1 nitrogen and oxygen atoms in total. The average Bonchev–Trinajstić information content (AvgIpc) is 2.39. The van der Waals surface area contributed by atoms with Crippen LogP contribution in [0.25, 0.3) is 0 Å². The Kier molecular flexibility index (Phi) is 4.61. The minimum Gasteiger partial charge on any atom is -0.324 e. The second-order valence-electron chi connectivity index (χ2n) is 4.69. The first kappa shape index (κ1) is 14.1. The second-order valence-corrected chi connectivity index (χ2v) is 5.71. The zero-order chi connectivity index (χ0) is 13.8. The van der Waals surface area contributed by atoms with E-state index in [2.05, 4.69) is 19.1 Å². The van der Waals surface area contributed by atoms with Crippen LogP contribution in [-0.4, -0.2) is 0 Å². The van der Waals surface area contributed by atoms with Crippen molar-refractivity contribution in [1.29, 1.82) is 0 Å². The first-order valence-corrected chi connectivity index (χ1v) is 7.29. The molecule has 19 heavy (non-hydrogen) atoms. The van der Waals surface area contributed by atoms with Crippen LogP contribution in [0.15, 0.2) is 47.4 Å². The van der Waals surface area contributed by atoms with E-state index in [9.17, 15) is 4.39 Å². The number of thioether (sulfide) groups is 1. The Morgan fingerprint density at radius 3 is 2.58 bits per heavy atom. The highest BCUT2D eigenvalue weighted by atomic mass is 32.2. The summed E-state index contributed by atoms with van der Waals surface area (Å²) in [6, 6.07) is 13.3. The van der Waals surface area contributed by atoms with E-state index in [-0.39, 0.29) is 11.9 Å². The minimum absolute atomic E-state index is 0.134. The van der Waals surface area contributed by atoms with Crippen LogP contribution >= 0.6 is 11.8 Å². The third kappa shape index (κ3) is 3.58. The van der Waals surface area contributed by atoms with Gasteiger partial charge in [-0.1, -0.05) is 30.3 Å². The van der Waals surface area contributed by atoms with Crippen LogP contribution in [0.1, 0.15) is 29.7 Å². The lowest BCUT2D eigenvalue weighted by atomic mass is 10.1. The van der Waals surface area contributed by atoms with Crippen LogP contribution in [0.4, 0.5) is 4.39 Å². The third-order valence-electron chi connectivity index (χ3n) is 3.13. The van der Waals surface area contributed by atoms with Crippen LogP contribution in [0.2, 0.25) is 0 Å². The Morgan fingerprint density at radius 1 is 1.21 bits per heavy atom. The fraction of sp³-hybridized carbons (Fsp3) is 0.250. The Bertz CT molecular complexity index is 566. The topological polar surface area (TPSA) is 26.0 Å². The highest BCUT2D eigenvalue weighted by Gasteiger charge is 2.07. The van der Waals surface area contributed by atoms with Gasteiger partial charge in [-0.05, 0) is 42.7 Å². The van der Waals surface area contributed by atoms with E-state index in [4.69, 9.17) is 5.73 Å². The molecular weight excluding hydrogens is 257 g/mol. The zero-order valence-electron chi connectivity index (χ0n) is 11.2. The maximum absolute atomic E-state index is 13.9. The highest BCUT2D eigenvalue weighted by Crippen LogP contribution is 2.28. The van der Waals surface area contributed by atoms with E-state index in [1.807, 2.05) is 31.2 Å². The molecule has 2 aromatic rings. The van der Waals surface area contributed by atoms with E-state index in [0.29, 0.717) is 4.90 Å². The largest absolute Gasteiger partial charge is 0.324 e. The molecule has 2 aromatic carbocycles. The molecule has 0 aliphatic rings. The van der Waals surface area contributed by atoms with Crippen molar-refractivity contribution < 1.29 is 4.39 Å². The van der Waals surface area contributed by atoms with Gasteiger partial charge in [0.15, 0.2) is 0 Å². The highest BCUT2D eigenvalue weighted by molar-refractivity contribution is 7.98. The molecule has 2 rings (SSSR count). The van der Waals surface area contributed by atoms with Gasteiger partial charge in [-0.15, -0.1) is 11.8 Å². The lowest BCUT2D eigenvalue weighted by molar-refractivity contribution is 0.596. The first-order valence-electron chi connectivity index (χ1n) is 6.30. The quantitative estimate of drug-likeness (QED) is 0.834. The van der Waals surface area contributed by atoms with Gasteiger partial charge in [-0.2, -0.15) is 0 Å². The van der Waals surface area contributed by atoms with Crippen molar-refractivity contribution in [3.8, 4) is 0 Å².